The average Bonchev–Trinajstić information content (AvgIpc) is 3.21. The Kier molecular flexibility index (Phi) is 2.98. The van der Waals surface area contributed by atoms with E-state index in [0.29, 0.717) is 40.0 Å². The number of halogens is 2. The van der Waals surface area contributed by atoms with Crippen LogP contribution in [0.1, 0.15) is 33.8 Å². The van der Waals surface area contributed by atoms with Crippen molar-refractivity contribution in [2.45, 2.75) is 25.0 Å². The lowest BCUT2D eigenvalue weighted by Crippen LogP contribution is -2.16. The Morgan fingerprint density at radius 2 is 2.00 bits per heavy atom. The van der Waals surface area contributed by atoms with Crippen LogP contribution in [0.15, 0.2) is 25.5 Å². The van der Waals surface area contributed by atoms with E-state index in [1.54, 1.807) is 6.07 Å². The molecule has 5 rings (SSSR count). The van der Waals surface area contributed by atoms with Gasteiger partial charge < -0.3 is 18.6 Å². The zero-order valence-corrected chi connectivity index (χ0v) is 14.4. The first-order valence-corrected chi connectivity index (χ1v) is 8.39. The number of carbonyl (C=O) groups excluding carboxylic acids is 1. The van der Waals surface area contributed by atoms with Crippen molar-refractivity contribution in [1.82, 2.24) is 0 Å². The molecule has 2 atom stereocenters. The summed E-state index contributed by atoms with van der Waals surface area (Å²) in [7, 11) is 1.51. The van der Waals surface area contributed by atoms with E-state index in [9.17, 15) is 9.59 Å². The monoisotopic (exact) mass is 380 g/mol. The molecular weight excluding hydrogens is 371 g/mol. The number of fused-ring (bicyclic) bond motifs is 7. The first-order chi connectivity index (χ1) is 12.0. The Morgan fingerprint density at radius 1 is 1.20 bits per heavy atom. The van der Waals surface area contributed by atoms with E-state index in [0.717, 1.165) is 0 Å². The molecule has 128 valence electrons. The number of benzene rings is 1. The van der Waals surface area contributed by atoms with Gasteiger partial charge in [0.25, 0.3) is 6.29 Å². The molecule has 0 saturated carbocycles. The third kappa shape index (κ3) is 1.81. The lowest BCUT2D eigenvalue weighted by molar-refractivity contribution is -0.00999. The van der Waals surface area contributed by atoms with Gasteiger partial charge in [0.2, 0.25) is 5.22 Å². The highest BCUT2D eigenvalue weighted by Crippen LogP contribution is 2.55. The van der Waals surface area contributed by atoms with Crippen molar-refractivity contribution in [1.29, 1.82) is 0 Å². The second-order valence-electron chi connectivity index (χ2n) is 6.06. The van der Waals surface area contributed by atoms with Crippen LogP contribution in [-0.4, -0.2) is 19.2 Å². The molecule has 0 fully saturated rings. The summed E-state index contributed by atoms with van der Waals surface area (Å²) >= 11 is 12.3. The largest absolute Gasteiger partial charge is 0.496 e. The first-order valence-electron chi connectivity index (χ1n) is 7.63. The minimum atomic E-state index is -0.717. The third-order valence-corrected chi connectivity index (χ3v) is 5.65. The number of Topliss-reactive ketones (excluding diaryl/α,β-unsaturated/α-hetero) is 1. The Balaban J connectivity index is 1.92. The molecule has 0 radical (unpaired) electrons. The second kappa shape index (κ2) is 4.93. The minimum Gasteiger partial charge on any atom is -0.496 e. The van der Waals surface area contributed by atoms with E-state index in [4.69, 9.17) is 41.8 Å². The molecule has 0 bridgehead atoms. The van der Waals surface area contributed by atoms with Crippen LogP contribution in [0.3, 0.4) is 0 Å². The van der Waals surface area contributed by atoms with Gasteiger partial charge in [0, 0.05) is 12.5 Å². The van der Waals surface area contributed by atoms with Crippen molar-refractivity contribution < 1.29 is 23.4 Å². The quantitative estimate of drug-likeness (QED) is 0.705. The van der Waals surface area contributed by atoms with Gasteiger partial charge in [0.1, 0.15) is 28.6 Å². The van der Waals surface area contributed by atoms with E-state index >= 15 is 0 Å². The molecule has 1 aromatic heterocycles. The van der Waals surface area contributed by atoms with Crippen LogP contribution in [0, 0.1) is 0 Å². The van der Waals surface area contributed by atoms with Gasteiger partial charge >= 0.3 is 5.63 Å². The van der Waals surface area contributed by atoms with E-state index < -0.39 is 17.8 Å². The summed E-state index contributed by atoms with van der Waals surface area (Å²) in [4.78, 5) is 24.5. The molecule has 0 spiro atoms. The van der Waals surface area contributed by atoms with Crippen LogP contribution >= 0.6 is 23.2 Å². The van der Waals surface area contributed by atoms with Crippen molar-refractivity contribution in [2.75, 3.05) is 7.11 Å². The predicted molar refractivity (Wildman–Crippen MR) is 88.7 cm³/mol. The maximum Gasteiger partial charge on any atom is 0.347 e. The maximum atomic E-state index is 12.4. The summed E-state index contributed by atoms with van der Waals surface area (Å²) in [6.45, 7) is 0. The Labute approximate surface area is 150 Å². The second-order valence-corrected chi connectivity index (χ2v) is 6.81. The fourth-order valence-corrected chi connectivity index (χ4v) is 4.27. The molecule has 3 heterocycles. The summed E-state index contributed by atoms with van der Waals surface area (Å²) in [6.07, 6.45) is 0.0178. The van der Waals surface area contributed by atoms with Gasteiger partial charge in [0.15, 0.2) is 5.78 Å². The van der Waals surface area contributed by atoms with Gasteiger partial charge in [-0.05, 0) is 23.6 Å². The molecule has 25 heavy (non-hydrogen) atoms. The van der Waals surface area contributed by atoms with Crippen LogP contribution in [0.25, 0.3) is 11.0 Å². The molecule has 0 N–H and O–H groups in total. The third-order valence-electron chi connectivity index (χ3n) is 4.86. The van der Waals surface area contributed by atoms with E-state index in [1.165, 1.54) is 7.11 Å². The van der Waals surface area contributed by atoms with Crippen LogP contribution in [0.2, 0.25) is 0 Å². The molecule has 3 aliphatic rings. The van der Waals surface area contributed by atoms with Crippen molar-refractivity contribution in [3.8, 4) is 11.5 Å². The van der Waals surface area contributed by atoms with Crippen molar-refractivity contribution in [3.05, 3.63) is 43.4 Å². The van der Waals surface area contributed by atoms with Gasteiger partial charge in [-0.15, -0.1) is 0 Å². The molecule has 2 aliphatic heterocycles. The summed E-state index contributed by atoms with van der Waals surface area (Å²) in [5, 5.41) is 0.944. The number of aryl methyl sites for hydroxylation is 1. The maximum absolute atomic E-state index is 12.4. The number of ketones is 1. The molecular formula is C17H10Cl2O6. The summed E-state index contributed by atoms with van der Waals surface area (Å²) in [5.74, 6) is 0.215. The normalized spacial score (nSPS) is 23.4. The molecule has 2 aromatic rings. The molecule has 1 aromatic carbocycles. The molecule has 6 nitrogen and oxygen atoms in total. The predicted octanol–water partition coefficient (Wildman–Crippen LogP) is 3.41. The number of rotatable bonds is 1. The lowest BCUT2D eigenvalue weighted by Gasteiger charge is -2.13. The Morgan fingerprint density at radius 3 is 2.76 bits per heavy atom. The van der Waals surface area contributed by atoms with E-state index in [-0.39, 0.29) is 28.0 Å². The van der Waals surface area contributed by atoms with Crippen LogP contribution in [0.5, 0.6) is 11.5 Å². The SMILES string of the molecule is COc1cc2c(c3oc(=O)c4c(c13)CCC4=O)[C@@H]1C(Cl)=C(Cl)O[C@@H]1O2. The highest BCUT2D eigenvalue weighted by atomic mass is 35.5. The number of methoxy groups -OCH3 is 1. The van der Waals surface area contributed by atoms with Gasteiger partial charge in [-0.2, -0.15) is 0 Å². The van der Waals surface area contributed by atoms with Crippen LogP contribution in [-0.2, 0) is 11.2 Å². The molecule has 0 saturated heterocycles. The minimum absolute atomic E-state index is 0.0602. The zero-order valence-electron chi connectivity index (χ0n) is 12.9. The van der Waals surface area contributed by atoms with Gasteiger partial charge in [-0.1, -0.05) is 11.6 Å². The van der Waals surface area contributed by atoms with Crippen molar-refractivity contribution >= 4 is 40.0 Å². The topological polar surface area (TPSA) is 75.0 Å². The Hall–Kier alpha value is -2.18. The number of hydrogen-bond donors (Lipinski definition) is 0. The fraction of sp³-hybridized carbons (Fsp3) is 0.294. The molecule has 1 aliphatic carbocycles. The molecule has 0 amide bonds. The van der Waals surface area contributed by atoms with Gasteiger partial charge in [-0.25, -0.2) is 4.79 Å². The number of ether oxygens (including phenoxy) is 3. The van der Waals surface area contributed by atoms with E-state index in [2.05, 4.69) is 0 Å². The summed E-state index contributed by atoms with van der Waals surface area (Å²) in [6, 6.07) is 1.69. The number of carbonyl (C=O) groups is 1. The fourth-order valence-electron chi connectivity index (χ4n) is 3.81. The van der Waals surface area contributed by atoms with Gasteiger partial charge in [-0.3, -0.25) is 4.79 Å². The lowest BCUT2D eigenvalue weighted by atomic mass is 9.95. The zero-order chi connectivity index (χ0) is 17.5. The molecule has 8 heteroatoms. The molecule has 0 unspecified atom stereocenters. The van der Waals surface area contributed by atoms with Crippen molar-refractivity contribution in [2.24, 2.45) is 0 Å². The first kappa shape index (κ1) is 15.1. The highest BCUT2D eigenvalue weighted by Gasteiger charge is 2.48. The van der Waals surface area contributed by atoms with Crippen LogP contribution in [0.4, 0.5) is 0 Å². The van der Waals surface area contributed by atoms with Crippen LogP contribution < -0.4 is 15.1 Å². The van der Waals surface area contributed by atoms with E-state index in [1.807, 2.05) is 0 Å². The number of hydrogen-bond acceptors (Lipinski definition) is 6. The average molecular weight is 381 g/mol. The van der Waals surface area contributed by atoms with Crippen molar-refractivity contribution in [3.63, 3.8) is 0 Å². The summed E-state index contributed by atoms with van der Waals surface area (Å²) in [5.41, 5.74) is 0.969. The standard InChI is InChI=1S/C17H10Cl2O6/c1-22-7-4-8-11(12-13(18)15(19)25-17(12)23-8)14-10(7)5-2-3-6(20)9(5)16(21)24-14/h4,12,17H,2-3H2,1H3/t12-,17+/m1/s1. The Bertz CT molecular complexity index is 1070. The smallest absolute Gasteiger partial charge is 0.347 e. The highest BCUT2D eigenvalue weighted by molar-refractivity contribution is 6.39. The summed E-state index contributed by atoms with van der Waals surface area (Å²) < 4.78 is 22.2. The van der Waals surface area contributed by atoms with Gasteiger partial charge in [0.05, 0.1) is 23.1 Å².